The lowest BCUT2D eigenvalue weighted by atomic mass is 10.3. The largest absolute Gasteiger partial charge is 0.383 e. The molecule has 1 aromatic rings. The van der Waals surface area contributed by atoms with Crippen molar-refractivity contribution in [3.8, 4) is 0 Å². The maximum Gasteiger partial charge on any atom is 0.191 e. The van der Waals surface area contributed by atoms with E-state index < -0.39 is 0 Å². The lowest BCUT2D eigenvalue weighted by molar-refractivity contribution is 0.179. The number of rotatable bonds is 6. The van der Waals surface area contributed by atoms with Crippen LogP contribution in [0.5, 0.6) is 0 Å². The first-order valence-electron chi connectivity index (χ1n) is 6.12. The van der Waals surface area contributed by atoms with Crippen molar-refractivity contribution >= 4 is 29.9 Å². The van der Waals surface area contributed by atoms with Gasteiger partial charge in [0.2, 0.25) is 0 Å². The summed E-state index contributed by atoms with van der Waals surface area (Å²) in [6.07, 6.45) is 2.68. The molecular formula is C13H23IN4O. The van der Waals surface area contributed by atoms with E-state index >= 15 is 0 Å². The molecular weight excluding hydrogens is 355 g/mol. The molecule has 1 aromatic heterocycles. The standard InChI is InChI=1S/C13H22N4O.HI/c1-11(10-18-3)17-13(14-2)16-9-7-12-6-4-5-8-15-12;/h4-6,8,11H,7,9-10H2,1-3H3,(H2,14,16,17);1H. The van der Waals surface area contributed by atoms with E-state index in [0.717, 1.165) is 24.6 Å². The molecule has 0 aliphatic heterocycles. The highest BCUT2D eigenvalue weighted by atomic mass is 127. The minimum absolute atomic E-state index is 0. The van der Waals surface area contributed by atoms with Crippen molar-refractivity contribution in [3.05, 3.63) is 30.1 Å². The predicted molar refractivity (Wildman–Crippen MR) is 89.2 cm³/mol. The van der Waals surface area contributed by atoms with Gasteiger partial charge in [-0.05, 0) is 19.1 Å². The van der Waals surface area contributed by atoms with E-state index in [1.54, 1.807) is 14.2 Å². The molecule has 108 valence electrons. The highest BCUT2D eigenvalue weighted by molar-refractivity contribution is 14.0. The molecule has 0 aliphatic rings. The normalized spacial score (nSPS) is 12.5. The topological polar surface area (TPSA) is 58.5 Å². The number of guanidine groups is 1. The molecule has 2 N–H and O–H groups in total. The number of aliphatic imine (C=N–C) groups is 1. The maximum atomic E-state index is 5.07. The summed E-state index contributed by atoms with van der Waals surface area (Å²) in [4.78, 5) is 8.43. The lowest BCUT2D eigenvalue weighted by Crippen LogP contribution is -2.44. The van der Waals surface area contributed by atoms with Crippen LogP contribution in [-0.4, -0.2) is 44.3 Å². The molecule has 0 radical (unpaired) electrons. The highest BCUT2D eigenvalue weighted by Crippen LogP contribution is 1.93. The molecule has 5 nitrogen and oxygen atoms in total. The zero-order chi connectivity index (χ0) is 13.2. The van der Waals surface area contributed by atoms with Crippen molar-refractivity contribution in [2.24, 2.45) is 4.99 Å². The minimum Gasteiger partial charge on any atom is -0.383 e. The van der Waals surface area contributed by atoms with Gasteiger partial charge in [0.05, 0.1) is 6.61 Å². The summed E-state index contributed by atoms with van der Waals surface area (Å²) in [7, 11) is 3.45. The first-order valence-corrected chi connectivity index (χ1v) is 6.12. The molecule has 1 atom stereocenters. The van der Waals surface area contributed by atoms with Crippen molar-refractivity contribution in [2.75, 3.05) is 27.3 Å². The third-order valence-electron chi connectivity index (χ3n) is 2.42. The van der Waals surface area contributed by atoms with Gasteiger partial charge in [-0.3, -0.25) is 9.98 Å². The summed E-state index contributed by atoms with van der Waals surface area (Å²) < 4.78 is 5.07. The second kappa shape index (κ2) is 11.0. The summed E-state index contributed by atoms with van der Waals surface area (Å²) in [6, 6.07) is 6.17. The number of nitrogens with one attached hydrogen (secondary N) is 2. The number of halogens is 1. The van der Waals surface area contributed by atoms with Gasteiger partial charge in [-0.2, -0.15) is 0 Å². The number of methoxy groups -OCH3 is 1. The van der Waals surface area contributed by atoms with Crippen LogP contribution in [0, 0.1) is 0 Å². The van der Waals surface area contributed by atoms with Gasteiger partial charge < -0.3 is 15.4 Å². The maximum absolute atomic E-state index is 5.07. The molecule has 0 fully saturated rings. The van der Waals surface area contributed by atoms with E-state index in [-0.39, 0.29) is 30.0 Å². The Morgan fingerprint density at radius 2 is 2.26 bits per heavy atom. The van der Waals surface area contributed by atoms with Crippen LogP contribution < -0.4 is 10.6 Å². The van der Waals surface area contributed by atoms with Gasteiger partial charge in [0.25, 0.3) is 0 Å². The summed E-state index contributed by atoms with van der Waals surface area (Å²) in [5, 5.41) is 6.50. The van der Waals surface area contributed by atoms with Gasteiger partial charge in [-0.15, -0.1) is 24.0 Å². The van der Waals surface area contributed by atoms with Crippen molar-refractivity contribution in [3.63, 3.8) is 0 Å². The molecule has 19 heavy (non-hydrogen) atoms. The second-order valence-corrected chi connectivity index (χ2v) is 4.07. The highest BCUT2D eigenvalue weighted by Gasteiger charge is 2.03. The molecule has 6 heteroatoms. The van der Waals surface area contributed by atoms with E-state index in [1.165, 1.54) is 0 Å². The fraction of sp³-hybridized carbons (Fsp3) is 0.538. The molecule has 0 spiro atoms. The average Bonchev–Trinajstić information content (AvgIpc) is 2.39. The Kier molecular flexibility index (Phi) is 10.5. The van der Waals surface area contributed by atoms with E-state index in [1.807, 2.05) is 24.4 Å². The monoisotopic (exact) mass is 378 g/mol. The number of nitrogens with zero attached hydrogens (tertiary/aromatic N) is 2. The molecule has 0 aliphatic carbocycles. The number of hydrogen-bond acceptors (Lipinski definition) is 3. The molecule has 0 saturated heterocycles. The Bertz CT molecular complexity index is 359. The number of pyridine rings is 1. The van der Waals surface area contributed by atoms with Crippen LogP contribution in [-0.2, 0) is 11.2 Å². The number of aromatic nitrogens is 1. The zero-order valence-corrected chi connectivity index (χ0v) is 14.0. The first-order chi connectivity index (χ1) is 8.76. The van der Waals surface area contributed by atoms with Gasteiger partial charge in [-0.25, -0.2) is 0 Å². The fourth-order valence-electron chi connectivity index (χ4n) is 1.57. The Morgan fingerprint density at radius 3 is 2.84 bits per heavy atom. The summed E-state index contributed by atoms with van der Waals surface area (Å²) in [5.74, 6) is 0.787. The van der Waals surface area contributed by atoms with Crippen LogP contribution in [0.2, 0.25) is 0 Å². The first kappa shape index (κ1) is 18.1. The van der Waals surface area contributed by atoms with Gasteiger partial charge >= 0.3 is 0 Å². The fourth-order valence-corrected chi connectivity index (χ4v) is 1.57. The van der Waals surface area contributed by atoms with Crippen molar-refractivity contribution in [1.82, 2.24) is 15.6 Å². The smallest absolute Gasteiger partial charge is 0.191 e. The van der Waals surface area contributed by atoms with Crippen LogP contribution >= 0.6 is 24.0 Å². The summed E-state index contributed by atoms with van der Waals surface area (Å²) >= 11 is 0. The van der Waals surface area contributed by atoms with Crippen LogP contribution in [0.25, 0.3) is 0 Å². The van der Waals surface area contributed by atoms with Gasteiger partial charge in [0, 0.05) is 45.1 Å². The van der Waals surface area contributed by atoms with Crippen molar-refractivity contribution in [1.29, 1.82) is 0 Å². The van der Waals surface area contributed by atoms with Crippen LogP contribution in [0.3, 0.4) is 0 Å². The van der Waals surface area contributed by atoms with Gasteiger partial charge in [-0.1, -0.05) is 6.07 Å². The van der Waals surface area contributed by atoms with E-state index in [2.05, 4.69) is 27.5 Å². The lowest BCUT2D eigenvalue weighted by Gasteiger charge is -2.17. The third kappa shape index (κ3) is 7.99. The predicted octanol–water partition coefficient (Wildman–Crippen LogP) is 1.44. The van der Waals surface area contributed by atoms with Crippen LogP contribution in [0.15, 0.2) is 29.4 Å². The van der Waals surface area contributed by atoms with Crippen molar-refractivity contribution < 1.29 is 4.74 Å². The molecule has 1 heterocycles. The van der Waals surface area contributed by atoms with Gasteiger partial charge in [0.15, 0.2) is 5.96 Å². The molecule has 1 rings (SSSR count). The van der Waals surface area contributed by atoms with E-state index in [9.17, 15) is 0 Å². The van der Waals surface area contributed by atoms with Crippen molar-refractivity contribution in [2.45, 2.75) is 19.4 Å². The number of ether oxygens (including phenoxy) is 1. The van der Waals surface area contributed by atoms with Crippen LogP contribution in [0.4, 0.5) is 0 Å². The summed E-state index contributed by atoms with van der Waals surface area (Å²) in [6.45, 7) is 3.51. The van der Waals surface area contributed by atoms with E-state index in [4.69, 9.17) is 4.74 Å². The zero-order valence-electron chi connectivity index (χ0n) is 11.7. The molecule has 0 bridgehead atoms. The molecule has 0 aromatic carbocycles. The Hall–Kier alpha value is -0.890. The molecule has 1 unspecified atom stereocenters. The number of hydrogen-bond donors (Lipinski definition) is 2. The Morgan fingerprint density at radius 1 is 1.47 bits per heavy atom. The Balaban J connectivity index is 0.00000324. The Labute approximate surface area is 132 Å². The van der Waals surface area contributed by atoms with Crippen LogP contribution in [0.1, 0.15) is 12.6 Å². The average molecular weight is 378 g/mol. The third-order valence-corrected chi connectivity index (χ3v) is 2.42. The van der Waals surface area contributed by atoms with E-state index in [0.29, 0.717) is 6.61 Å². The molecule has 0 amide bonds. The molecule has 0 saturated carbocycles. The second-order valence-electron chi connectivity index (χ2n) is 4.07. The SMILES string of the molecule is CN=C(NCCc1ccccn1)NC(C)COC.I. The minimum atomic E-state index is 0. The van der Waals surface area contributed by atoms with Gasteiger partial charge in [0.1, 0.15) is 0 Å². The summed E-state index contributed by atoms with van der Waals surface area (Å²) in [5.41, 5.74) is 1.07. The quantitative estimate of drug-likeness (QED) is 0.447.